The van der Waals surface area contributed by atoms with Gasteiger partial charge in [-0.3, -0.25) is 4.79 Å². The Labute approximate surface area is 154 Å². The van der Waals surface area contributed by atoms with Crippen molar-refractivity contribution in [3.8, 4) is 11.5 Å². The number of carbonyl (C=O) groups excluding carboxylic acids is 1. The SMILES string of the molecule is Cc1ccc(Nc2nc(-c3cc(C(=O)Nc4ccccn4)no3)co2)cc1. The van der Waals surface area contributed by atoms with Gasteiger partial charge in [-0.25, -0.2) is 4.98 Å². The average Bonchev–Trinajstić information content (AvgIpc) is 3.34. The highest BCUT2D eigenvalue weighted by molar-refractivity contribution is 6.02. The molecule has 0 aliphatic rings. The monoisotopic (exact) mass is 361 g/mol. The molecule has 0 aliphatic carbocycles. The third kappa shape index (κ3) is 3.84. The zero-order valence-electron chi connectivity index (χ0n) is 14.3. The normalized spacial score (nSPS) is 10.6. The van der Waals surface area contributed by atoms with Crippen LogP contribution in [0.5, 0.6) is 0 Å². The molecule has 0 radical (unpaired) electrons. The van der Waals surface area contributed by atoms with Crippen LogP contribution in [0.15, 0.2) is 69.9 Å². The van der Waals surface area contributed by atoms with E-state index in [2.05, 4.69) is 25.8 Å². The summed E-state index contributed by atoms with van der Waals surface area (Å²) in [7, 11) is 0. The molecule has 2 N–H and O–H groups in total. The van der Waals surface area contributed by atoms with Crippen molar-refractivity contribution in [1.29, 1.82) is 0 Å². The second-order valence-electron chi connectivity index (χ2n) is 5.77. The fourth-order valence-electron chi connectivity index (χ4n) is 2.32. The van der Waals surface area contributed by atoms with Gasteiger partial charge in [-0.05, 0) is 31.2 Å². The van der Waals surface area contributed by atoms with Crippen LogP contribution in [0.2, 0.25) is 0 Å². The highest BCUT2D eigenvalue weighted by Crippen LogP contribution is 2.24. The van der Waals surface area contributed by atoms with Gasteiger partial charge in [0.25, 0.3) is 11.9 Å². The van der Waals surface area contributed by atoms with E-state index in [1.165, 1.54) is 12.3 Å². The van der Waals surface area contributed by atoms with Crippen LogP contribution in [0.4, 0.5) is 17.5 Å². The van der Waals surface area contributed by atoms with Crippen LogP contribution >= 0.6 is 0 Å². The molecule has 3 aromatic heterocycles. The number of carbonyl (C=O) groups is 1. The summed E-state index contributed by atoms with van der Waals surface area (Å²) in [5.41, 5.74) is 2.55. The predicted octanol–water partition coefficient (Wildman–Crippen LogP) is 4.03. The minimum absolute atomic E-state index is 0.117. The van der Waals surface area contributed by atoms with Crippen molar-refractivity contribution in [2.45, 2.75) is 6.92 Å². The molecule has 4 rings (SSSR count). The van der Waals surface area contributed by atoms with Gasteiger partial charge in [0.2, 0.25) is 0 Å². The van der Waals surface area contributed by atoms with Crippen LogP contribution < -0.4 is 10.6 Å². The number of benzene rings is 1. The van der Waals surface area contributed by atoms with Crippen LogP contribution in [0.1, 0.15) is 16.1 Å². The Morgan fingerprint density at radius 3 is 2.74 bits per heavy atom. The molecule has 0 saturated heterocycles. The van der Waals surface area contributed by atoms with E-state index in [4.69, 9.17) is 8.94 Å². The number of nitrogens with zero attached hydrogens (tertiary/aromatic N) is 3. The Kier molecular flexibility index (Phi) is 4.36. The van der Waals surface area contributed by atoms with E-state index in [0.717, 1.165) is 11.3 Å². The Morgan fingerprint density at radius 1 is 1.11 bits per heavy atom. The van der Waals surface area contributed by atoms with Gasteiger partial charge in [-0.1, -0.05) is 28.9 Å². The maximum Gasteiger partial charge on any atom is 0.299 e. The summed E-state index contributed by atoms with van der Waals surface area (Å²) in [6, 6.07) is 14.8. The van der Waals surface area contributed by atoms with E-state index < -0.39 is 5.91 Å². The first-order valence-corrected chi connectivity index (χ1v) is 8.16. The van der Waals surface area contributed by atoms with Gasteiger partial charge in [-0.2, -0.15) is 4.98 Å². The van der Waals surface area contributed by atoms with E-state index in [9.17, 15) is 4.79 Å². The smallest absolute Gasteiger partial charge is 0.299 e. The van der Waals surface area contributed by atoms with Crippen molar-refractivity contribution in [3.05, 3.63) is 72.2 Å². The number of hydrogen-bond donors (Lipinski definition) is 2. The maximum absolute atomic E-state index is 12.2. The molecule has 0 spiro atoms. The number of oxazole rings is 1. The van der Waals surface area contributed by atoms with Gasteiger partial charge in [0, 0.05) is 18.0 Å². The molecule has 1 aromatic carbocycles. The van der Waals surface area contributed by atoms with Crippen molar-refractivity contribution in [1.82, 2.24) is 15.1 Å². The molecule has 0 unspecified atom stereocenters. The van der Waals surface area contributed by atoms with E-state index in [1.807, 2.05) is 31.2 Å². The number of aromatic nitrogens is 3. The Bertz CT molecular complexity index is 1050. The van der Waals surface area contributed by atoms with E-state index in [-0.39, 0.29) is 5.69 Å². The van der Waals surface area contributed by atoms with E-state index in [0.29, 0.717) is 23.3 Å². The average molecular weight is 361 g/mol. The molecule has 27 heavy (non-hydrogen) atoms. The summed E-state index contributed by atoms with van der Waals surface area (Å²) in [6.45, 7) is 2.01. The number of aryl methyl sites for hydroxylation is 1. The summed E-state index contributed by atoms with van der Waals surface area (Å²) < 4.78 is 10.6. The fraction of sp³-hybridized carbons (Fsp3) is 0.0526. The van der Waals surface area contributed by atoms with Crippen molar-refractivity contribution < 1.29 is 13.7 Å². The minimum atomic E-state index is -0.426. The Hall–Kier alpha value is -3.94. The summed E-state index contributed by atoms with van der Waals surface area (Å²) in [5, 5.41) is 9.47. The fourth-order valence-corrected chi connectivity index (χ4v) is 2.32. The molecular weight excluding hydrogens is 346 g/mol. The first-order valence-electron chi connectivity index (χ1n) is 8.16. The molecule has 1 amide bonds. The van der Waals surface area contributed by atoms with Crippen molar-refractivity contribution in [2.24, 2.45) is 0 Å². The molecule has 3 heterocycles. The molecule has 4 aromatic rings. The Morgan fingerprint density at radius 2 is 1.96 bits per heavy atom. The van der Waals surface area contributed by atoms with Crippen LogP contribution in [0.25, 0.3) is 11.5 Å². The molecule has 134 valence electrons. The largest absolute Gasteiger partial charge is 0.431 e. The number of nitrogens with one attached hydrogen (secondary N) is 2. The Balaban J connectivity index is 1.46. The minimum Gasteiger partial charge on any atom is -0.431 e. The van der Waals surface area contributed by atoms with Gasteiger partial charge in [0.05, 0.1) is 0 Å². The van der Waals surface area contributed by atoms with Crippen molar-refractivity contribution in [3.63, 3.8) is 0 Å². The number of pyridine rings is 1. The van der Waals surface area contributed by atoms with E-state index >= 15 is 0 Å². The van der Waals surface area contributed by atoms with Gasteiger partial charge < -0.3 is 19.6 Å². The van der Waals surface area contributed by atoms with Gasteiger partial charge >= 0.3 is 0 Å². The van der Waals surface area contributed by atoms with Crippen LogP contribution in [0, 0.1) is 6.92 Å². The summed E-state index contributed by atoms with van der Waals surface area (Å²) in [4.78, 5) is 20.5. The highest BCUT2D eigenvalue weighted by atomic mass is 16.5. The topological polar surface area (TPSA) is 106 Å². The summed E-state index contributed by atoms with van der Waals surface area (Å²) >= 11 is 0. The lowest BCUT2D eigenvalue weighted by Gasteiger charge is -2.00. The summed E-state index contributed by atoms with van der Waals surface area (Å²) in [5.74, 6) is 0.324. The molecule has 0 atom stereocenters. The molecule has 8 nitrogen and oxygen atoms in total. The lowest BCUT2D eigenvalue weighted by atomic mass is 10.2. The summed E-state index contributed by atoms with van der Waals surface area (Å²) in [6.07, 6.45) is 3.01. The predicted molar refractivity (Wildman–Crippen MR) is 98.7 cm³/mol. The molecule has 0 saturated carbocycles. The maximum atomic E-state index is 12.2. The van der Waals surface area contributed by atoms with E-state index in [1.54, 1.807) is 24.4 Å². The first-order chi connectivity index (χ1) is 13.2. The zero-order valence-corrected chi connectivity index (χ0v) is 14.3. The lowest BCUT2D eigenvalue weighted by molar-refractivity contribution is 0.101. The molecule has 0 bridgehead atoms. The van der Waals surface area contributed by atoms with Crippen LogP contribution in [-0.4, -0.2) is 21.0 Å². The third-order valence-electron chi connectivity index (χ3n) is 3.71. The van der Waals surface area contributed by atoms with Gasteiger partial charge in [0.1, 0.15) is 17.8 Å². The van der Waals surface area contributed by atoms with Gasteiger partial charge in [0.15, 0.2) is 11.5 Å². The third-order valence-corrected chi connectivity index (χ3v) is 3.71. The van der Waals surface area contributed by atoms with Gasteiger partial charge in [-0.15, -0.1) is 0 Å². The highest BCUT2D eigenvalue weighted by Gasteiger charge is 2.17. The van der Waals surface area contributed by atoms with Crippen LogP contribution in [-0.2, 0) is 0 Å². The number of amides is 1. The number of rotatable bonds is 5. The lowest BCUT2D eigenvalue weighted by Crippen LogP contribution is -2.12. The second kappa shape index (κ2) is 7.12. The van der Waals surface area contributed by atoms with Crippen molar-refractivity contribution in [2.75, 3.05) is 10.6 Å². The molecule has 8 heteroatoms. The standard InChI is InChI=1S/C19H15N5O3/c1-12-5-7-13(8-6-12)21-19-22-15(11-26-19)16-10-14(24-27-16)18(25)23-17-4-2-3-9-20-17/h2-11H,1H3,(H,21,22)(H,20,23,25). The van der Waals surface area contributed by atoms with Crippen LogP contribution in [0.3, 0.4) is 0 Å². The zero-order chi connectivity index (χ0) is 18.6. The quantitative estimate of drug-likeness (QED) is 0.553. The molecule has 0 aliphatic heterocycles. The molecular formula is C19H15N5O3. The number of hydrogen-bond acceptors (Lipinski definition) is 7. The first kappa shape index (κ1) is 16.5. The number of anilines is 3. The molecule has 0 fully saturated rings. The second-order valence-corrected chi connectivity index (χ2v) is 5.77. The van der Waals surface area contributed by atoms with Crippen molar-refractivity contribution >= 4 is 23.4 Å².